The van der Waals surface area contributed by atoms with Gasteiger partial charge in [-0.05, 0) is 125 Å². The Morgan fingerprint density at radius 3 is 1.80 bits per heavy atom. The van der Waals surface area contributed by atoms with Crippen LogP contribution < -0.4 is 65.5 Å². The van der Waals surface area contributed by atoms with Gasteiger partial charge in [-0.1, -0.05) is 120 Å². The number of aliphatic hydroxyl groups excluding tert-OH is 1. The molecule has 41 nitrogen and oxygen atoms in total. The van der Waals surface area contributed by atoms with Crippen molar-refractivity contribution in [1.29, 1.82) is 0 Å². The number of H-pyrrole nitrogens is 1. The van der Waals surface area contributed by atoms with Crippen molar-refractivity contribution in [2.75, 3.05) is 46.8 Å². The van der Waals surface area contributed by atoms with E-state index >= 15 is 43.2 Å². The van der Waals surface area contributed by atoms with Gasteiger partial charge in [0.15, 0.2) is 5.66 Å². The van der Waals surface area contributed by atoms with Crippen LogP contribution in [-0.2, 0) is 112 Å². The number of unbranched alkanes of at least 4 members (excludes halogenated alkanes) is 2. The van der Waals surface area contributed by atoms with Gasteiger partial charge in [0.05, 0.1) is 12.5 Å². The predicted molar refractivity (Wildman–Crippen MR) is 483 cm³/mol. The summed E-state index contributed by atoms with van der Waals surface area (Å²) < 4.78 is 1.44. The van der Waals surface area contributed by atoms with E-state index in [0.29, 0.717) is 77.0 Å². The van der Waals surface area contributed by atoms with E-state index in [9.17, 15) is 58.5 Å². The second-order valence-corrected chi connectivity index (χ2v) is 35.8. The molecule has 15 atom stereocenters. The van der Waals surface area contributed by atoms with Crippen LogP contribution in [0.4, 0.5) is 0 Å². The third-order valence-electron chi connectivity index (χ3n) is 25.6. The van der Waals surface area contributed by atoms with E-state index in [1.165, 1.54) is 34.7 Å². The lowest BCUT2D eigenvalue weighted by molar-refractivity contribution is -0.149. The number of hydrogen-bond acceptors (Lipinski definition) is 21. The third-order valence-corrected chi connectivity index (χ3v) is 25.6. The Labute approximate surface area is 770 Å². The summed E-state index contributed by atoms with van der Waals surface area (Å²) >= 11 is 0. The van der Waals surface area contributed by atoms with E-state index in [-0.39, 0.29) is 109 Å². The minimum absolute atomic E-state index is 0.00664. The zero-order chi connectivity index (χ0) is 97.0. The largest absolute Gasteiger partial charge is 0.481 e. The maximum atomic E-state index is 15.9. The molecule has 5 aliphatic heterocycles. The van der Waals surface area contributed by atoms with Crippen LogP contribution in [0.2, 0.25) is 0 Å². The molecule has 133 heavy (non-hydrogen) atoms. The molecule has 0 aliphatic carbocycles. The highest BCUT2D eigenvalue weighted by atomic mass is 16.4. The molecular weight excluding hydrogens is 1720 g/mol. The van der Waals surface area contributed by atoms with E-state index in [2.05, 4.69) is 47.5 Å². The van der Waals surface area contributed by atoms with Crippen LogP contribution in [-0.4, -0.2) is 298 Å². The van der Waals surface area contributed by atoms with E-state index in [0.717, 1.165) is 25.2 Å². The predicted octanol–water partition coefficient (Wildman–Crippen LogP) is -0.908. The molecule has 3 aromatic carbocycles. The number of likely N-dealkylation sites (N-methyl/N-ethyl adjacent to an activating group) is 2. The fourth-order valence-electron chi connectivity index (χ4n) is 18.5. The molecule has 0 radical (unpaired) electrons. The number of primary amides is 2. The Morgan fingerprint density at radius 1 is 0.541 bits per heavy atom. The standard InChI is InChI=1S/C92H128N20O21/c1-8-10-24-69-83(125)102-63(40-51(3)4)80(122)99-60(78(96)120)23-18-28-75(115)98-65(41-53-31-29-52(5)30-32-53)88(130)111-39-17-16-36-92(111)91(133)112(92)73(45-74(95)114)90(132)109-38-19-27-70(109)84(126)105-67(46-94)82(124)101-62(33-34-76(116)117)87(129)110-49-56(113)44-72(110)85(127)103-64(42-54-47-97-59-22-14-12-20-57(54)59)81(123)100-61(35-37-93)79(121)104-66(86(128)107(7)71(25-11-9-2)89(131)106(69)6)43-55-48-108(50-77(118)119)68-26-15-13-21-58(55)68/h12-15,20-22,26,29-32,47-48,51,56,60-67,69-73,97,113H,8-11,16-19,23-25,27-28,33-46,49-50,93-94H2,1-7H3,(H2,95,114)(H2,96,120)(H,98,115)(H,99,122)(H,100,123)(H,101,124)(H,102,125)(H,103,127)(H,104,121)(H,105,126)(H,116,117)(H,118,119)/t56-,60+,61+,62+,63+,64+,65+,66+,67+,69+,70+,71+,72+,73+,92-,112?/m1/s1. The lowest BCUT2D eigenvalue weighted by Gasteiger charge is -2.39. The van der Waals surface area contributed by atoms with Crippen LogP contribution in [0, 0.1) is 12.8 Å². The first-order valence-corrected chi connectivity index (χ1v) is 45.8. The third kappa shape index (κ3) is 25.3. The molecule has 722 valence electrons. The van der Waals surface area contributed by atoms with Crippen molar-refractivity contribution in [3.63, 3.8) is 0 Å². The van der Waals surface area contributed by atoms with Crippen LogP contribution in [0.5, 0.6) is 0 Å². The summed E-state index contributed by atoms with van der Waals surface area (Å²) in [6.45, 7) is 6.81. The number of nitrogens with zero attached hydrogens (tertiary/aromatic N) is 7. The van der Waals surface area contributed by atoms with Crippen molar-refractivity contribution < 1.29 is 102 Å². The number of aliphatic hydroxyl groups is 1. The molecule has 5 aromatic rings. The number of carbonyl (C=O) groups excluding carboxylic acids is 16. The molecule has 1 spiro atoms. The Balaban J connectivity index is 1.03. The van der Waals surface area contributed by atoms with Crippen LogP contribution in [0.25, 0.3) is 21.8 Å². The minimum atomic E-state index is -1.88. The highest BCUT2D eigenvalue weighted by Gasteiger charge is 2.72. The lowest BCUT2D eigenvalue weighted by Crippen LogP contribution is -2.61. The number of aromatic amines is 1. The molecule has 10 rings (SSSR count). The first-order valence-electron chi connectivity index (χ1n) is 45.8. The number of aliphatic carboxylic acids is 2. The van der Waals surface area contributed by atoms with Gasteiger partial charge in [-0.25, -0.2) is 0 Å². The molecule has 0 saturated carbocycles. The van der Waals surface area contributed by atoms with Crippen LogP contribution in [0.3, 0.4) is 0 Å². The van der Waals surface area contributed by atoms with Crippen molar-refractivity contribution >= 4 is 128 Å². The molecule has 41 heteroatoms. The minimum Gasteiger partial charge on any atom is -0.481 e. The highest BCUT2D eigenvalue weighted by molar-refractivity contribution is 6.10. The Kier molecular flexibility index (Phi) is 35.7. The van der Waals surface area contributed by atoms with Gasteiger partial charge >= 0.3 is 11.9 Å². The molecule has 5 aliphatic rings. The number of carboxylic acids is 2. The van der Waals surface area contributed by atoms with Crippen LogP contribution >= 0.6 is 0 Å². The van der Waals surface area contributed by atoms with Crippen molar-refractivity contribution in [3.05, 3.63) is 107 Å². The number of aryl methyl sites for hydroxylation is 1. The summed E-state index contributed by atoms with van der Waals surface area (Å²) in [5.74, 6) is -17.7. The van der Waals surface area contributed by atoms with Gasteiger partial charge in [0.25, 0.3) is 5.91 Å². The van der Waals surface area contributed by atoms with Crippen LogP contribution in [0.1, 0.15) is 178 Å². The molecule has 2 aromatic heterocycles. The van der Waals surface area contributed by atoms with Gasteiger partial charge in [0.1, 0.15) is 85.1 Å². The van der Waals surface area contributed by atoms with Gasteiger partial charge in [0.2, 0.25) is 88.6 Å². The molecule has 0 unspecified atom stereocenters. The SMILES string of the molecule is CCCC[C@H]1C(=O)N(C)[C@@H](CCCC)C(=O)N[C@@H](CC(C)C)C(=O)N[C@H](C(N)=O)CCCC(=O)N[C@@H](Cc2ccc(C)cc2)C(=O)N2CCCC[C@@]23C(=O)N3[C@@H](CC(N)=O)C(=O)N2CCC[C@H]2C(=O)N[C@@H](CN)C(=O)N[C@@H](CCC(=O)O)C(=O)N2C[C@H](O)C[C@H]2C(=O)N[C@@H](Cc2c[nH]c3ccccc23)C(=O)N[C@@H](CCN)C(=O)N[C@@H](Cc2cn(CC(=O)O)c3ccccc23)C(=O)N1C. The van der Waals surface area contributed by atoms with Crippen LogP contribution in [0.15, 0.2) is 85.2 Å². The summed E-state index contributed by atoms with van der Waals surface area (Å²) in [5, 5.41) is 54.2. The second kappa shape index (κ2) is 46.4. The first-order chi connectivity index (χ1) is 63.3. The van der Waals surface area contributed by atoms with Crippen molar-refractivity contribution in [2.24, 2.45) is 28.9 Å². The Bertz CT molecular complexity index is 5130. The average molecular weight is 1850 g/mol. The number of aromatic nitrogens is 2. The fraction of sp³-hybridized carbons (Fsp3) is 0.565. The average Bonchev–Trinajstić information content (AvgIpc) is 1.52. The molecular formula is C92H128N20O21. The van der Waals surface area contributed by atoms with Gasteiger partial charge in [-0.2, -0.15) is 0 Å². The quantitative estimate of drug-likeness (QED) is 0.0315. The van der Waals surface area contributed by atoms with Crippen molar-refractivity contribution in [1.82, 2.24) is 81.5 Å². The number of carbonyl (C=O) groups is 18. The first kappa shape index (κ1) is 102. The monoisotopic (exact) mass is 1850 g/mol. The van der Waals surface area contributed by atoms with Crippen molar-refractivity contribution in [3.8, 4) is 0 Å². The molecule has 5 saturated heterocycles. The summed E-state index contributed by atoms with van der Waals surface area (Å²) in [6, 6.07) is 0.418. The molecule has 20 N–H and O–H groups in total. The Hall–Kier alpha value is -12.9. The zero-order valence-electron chi connectivity index (χ0n) is 76.4. The maximum Gasteiger partial charge on any atom is 0.323 e. The summed E-state index contributed by atoms with van der Waals surface area (Å²) in [5.41, 5.74) is 25.7. The fourth-order valence-corrected chi connectivity index (χ4v) is 18.5. The zero-order valence-corrected chi connectivity index (χ0v) is 76.4. The highest BCUT2D eigenvalue weighted by Crippen LogP contribution is 2.48. The number of fused-ring (bicyclic) bond motifs is 4. The number of para-hydroxylation sites is 2. The molecule has 0 bridgehead atoms. The van der Waals surface area contributed by atoms with Gasteiger partial charge in [-0.3, -0.25) is 91.2 Å². The number of nitrogens with one attached hydrogen (secondary N) is 9. The molecule has 5 fully saturated rings. The van der Waals surface area contributed by atoms with E-state index in [1.54, 1.807) is 92.8 Å². The van der Waals surface area contributed by atoms with Gasteiger partial charge in [0, 0.05) is 113 Å². The number of rotatable bonds is 25. The molecule has 7 heterocycles. The smallest absolute Gasteiger partial charge is 0.323 e. The maximum absolute atomic E-state index is 15.9. The second-order valence-electron chi connectivity index (χ2n) is 35.8. The number of nitrogens with two attached hydrogens (primary N) is 4. The summed E-state index contributed by atoms with van der Waals surface area (Å²) in [4.78, 5) is 273. The van der Waals surface area contributed by atoms with E-state index in [4.69, 9.17) is 22.9 Å². The number of amides is 16. The number of carboxylic acid groups (broad SMARTS) is 2. The van der Waals surface area contributed by atoms with Crippen molar-refractivity contribution in [2.45, 2.75) is 279 Å². The number of piperidine rings is 1. The Morgan fingerprint density at radius 2 is 1.14 bits per heavy atom. The van der Waals surface area contributed by atoms with E-state index in [1.807, 2.05) is 20.8 Å². The number of benzene rings is 3. The lowest BCUT2D eigenvalue weighted by atomic mass is 9.97. The summed E-state index contributed by atoms with van der Waals surface area (Å²) in [6.07, 6.45) is -0.500. The number of hydrogen-bond donors (Lipinski definition) is 16. The molecule has 16 amide bonds. The van der Waals surface area contributed by atoms with E-state index < -0.39 is 242 Å². The van der Waals surface area contributed by atoms with Gasteiger partial charge in [-0.15, -0.1) is 0 Å². The normalized spacial score (nSPS) is 26.3. The topological polar surface area (TPSA) is 608 Å². The summed E-state index contributed by atoms with van der Waals surface area (Å²) in [7, 11) is 2.72. The van der Waals surface area contributed by atoms with Gasteiger partial charge < -0.3 is 115 Å².